The lowest BCUT2D eigenvalue weighted by Gasteiger charge is -2.35. The summed E-state index contributed by atoms with van der Waals surface area (Å²) in [4.78, 5) is 28.0. The number of hydrogen-bond donors (Lipinski definition) is 1. The minimum absolute atomic E-state index is 0. The summed E-state index contributed by atoms with van der Waals surface area (Å²) >= 11 is 0. The van der Waals surface area contributed by atoms with E-state index in [9.17, 15) is 9.59 Å². The van der Waals surface area contributed by atoms with Crippen molar-refractivity contribution >= 4 is 24.2 Å². The molecule has 1 aromatic carbocycles. The molecule has 122 valence electrons. The van der Waals surface area contributed by atoms with Crippen LogP contribution in [0.5, 0.6) is 0 Å². The fourth-order valence-corrected chi connectivity index (χ4v) is 2.46. The predicted octanol–water partition coefficient (Wildman–Crippen LogP) is 1.51. The summed E-state index contributed by atoms with van der Waals surface area (Å²) in [5.41, 5.74) is 7.24. The standard InChI is InChI=1S/C16H23N3O2.ClH/c1-12(2)15(20)18-7-9-19(10-8-18)16(21)14-5-3-13(11-17)4-6-14;/h3-6,12H,7-11,17H2,1-2H3;1H. The van der Waals surface area contributed by atoms with Crippen LogP contribution in [0.4, 0.5) is 0 Å². The smallest absolute Gasteiger partial charge is 0.253 e. The van der Waals surface area contributed by atoms with Gasteiger partial charge in [-0.2, -0.15) is 0 Å². The van der Waals surface area contributed by atoms with E-state index in [-0.39, 0.29) is 30.1 Å². The van der Waals surface area contributed by atoms with Crippen LogP contribution in [0, 0.1) is 5.92 Å². The molecule has 2 N–H and O–H groups in total. The van der Waals surface area contributed by atoms with Crippen LogP contribution in [-0.4, -0.2) is 47.8 Å². The molecule has 6 heteroatoms. The zero-order valence-corrected chi connectivity index (χ0v) is 13.9. The van der Waals surface area contributed by atoms with E-state index in [0.29, 0.717) is 38.3 Å². The highest BCUT2D eigenvalue weighted by atomic mass is 35.5. The Labute approximate surface area is 137 Å². The van der Waals surface area contributed by atoms with Gasteiger partial charge in [-0.1, -0.05) is 26.0 Å². The number of nitrogens with zero attached hydrogens (tertiary/aromatic N) is 2. The largest absolute Gasteiger partial charge is 0.339 e. The molecule has 0 bridgehead atoms. The van der Waals surface area contributed by atoms with Gasteiger partial charge in [0.15, 0.2) is 0 Å². The summed E-state index contributed by atoms with van der Waals surface area (Å²) in [6, 6.07) is 7.39. The molecule has 1 aromatic rings. The van der Waals surface area contributed by atoms with Crippen LogP contribution < -0.4 is 5.73 Å². The summed E-state index contributed by atoms with van der Waals surface area (Å²) < 4.78 is 0. The molecule has 1 aliphatic rings. The van der Waals surface area contributed by atoms with Gasteiger partial charge in [0.2, 0.25) is 5.91 Å². The van der Waals surface area contributed by atoms with Crippen LogP contribution in [0.25, 0.3) is 0 Å². The van der Waals surface area contributed by atoms with Gasteiger partial charge in [-0.05, 0) is 17.7 Å². The van der Waals surface area contributed by atoms with Crippen LogP contribution in [-0.2, 0) is 11.3 Å². The molecule has 0 atom stereocenters. The maximum atomic E-state index is 12.4. The number of benzene rings is 1. The van der Waals surface area contributed by atoms with Gasteiger partial charge in [0.05, 0.1) is 0 Å². The third kappa shape index (κ3) is 4.21. The highest BCUT2D eigenvalue weighted by Gasteiger charge is 2.25. The molecule has 1 fully saturated rings. The second-order valence-corrected chi connectivity index (χ2v) is 5.67. The van der Waals surface area contributed by atoms with Crippen LogP contribution in [0.2, 0.25) is 0 Å². The Hall–Kier alpha value is -1.59. The first-order valence-corrected chi connectivity index (χ1v) is 7.40. The third-order valence-electron chi connectivity index (χ3n) is 3.81. The van der Waals surface area contributed by atoms with E-state index < -0.39 is 0 Å². The highest BCUT2D eigenvalue weighted by molar-refractivity contribution is 5.94. The fourth-order valence-electron chi connectivity index (χ4n) is 2.46. The minimum Gasteiger partial charge on any atom is -0.339 e. The van der Waals surface area contributed by atoms with Crippen molar-refractivity contribution in [3.63, 3.8) is 0 Å². The average Bonchev–Trinajstić information content (AvgIpc) is 2.53. The van der Waals surface area contributed by atoms with E-state index in [1.807, 2.05) is 47.9 Å². The molecule has 0 aliphatic carbocycles. The molecule has 0 unspecified atom stereocenters. The molecule has 5 nitrogen and oxygen atoms in total. The Kier molecular flexibility index (Phi) is 6.84. The van der Waals surface area contributed by atoms with Crippen molar-refractivity contribution in [2.75, 3.05) is 26.2 Å². The van der Waals surface area contributed by atoms with Gasteiger partial charge in [-0.3, -0.25) is 9.59 Å². The number of rotatable bonds is 3. The van der Waals surface area contributed by atoms with E-state index >= 15 is 0 Å². The topological polar surface area (TPSA) is 66.6 Å². The maximum absolute atomic E-state index is 12.4. The lowest BCUT2D eigenvalue weighted by molar-refractivity contribution is -0.135. The normalized spacial score (nSPS) is 14.7. The van der Waals surface area contributed by atoms with E-state index in [4.69, 9.17) is 5.73 Å². The lowest BCUT2D eigenvalue weighted by atomic mass is 10.1. The molecule has 1 aliphatic heterocycles. The van der Waals surface area contributed by atoms with Crippen LogP contribution in [0.3, 0.4) is 0 Å². The summed E-state index contributed by atoms with van der Waals surface area (Å²) in [5.74, 6) is 0.195. The zero-order valence-electron chi connectivity index (χ0n) is 13.1. The Morgan fingerprint density at radius 3 is 2.00 bits per heavy atom. The highest BCUT2D eigenvalue weighted by Crippen LogP contribution is 2.12. The van der Waals surface area contributed by atoms with Gasteiger partial charge in [0.1, 0.15) is 0 Å². The van der Waals surface area contributed by atoms with Gasteiger partial charge in [0.25, 0.3) is 5.91 Å². The molecule has 1 heterocycles. The monoisotopic (exact) mass is 325 g/mol. The van der Waals surface area contributed by atoms with Crippen molar-refractivity contribution in [3.8, 4) is 0 Å². The molecule has 1 saturated heterocycles. The number of nitrogens with two attached hydrogens (primary N) is 1. The molecule has 2 rings (SSSR count). The second-order valence-electron chi connectivity index (χ2n) is 5.67. The molecule has 0 radical (unpaired) electrons. The first kappa shape index (κ1) is 18.5. The van der Waals surface area contributed by atoms with Gasteiger partial charge >= 0.3 is 0 Å². The van der Waals surface area contributed by atoms with Crippen molar-refractivity contribution in [1.82, 2.24) is 9.80 Å². The van der Waals surface area contributed by atoms with Crippen molar-refractivity contribution in [2.24, 2.45) is 11.7 Å². The Bertz CT molecular complexity index is 509. The molecular formula is C16H24ClN3O2. The molecule has 2 amide bonds. The predicted molar refractivity (Wildman–Crippen MR) is 88.9 cm³/mol. The minimum atomic E-state index is 0. The summed E-state index contributed by atoms with van der Waals surface area (Å²) in [6.45, 7) is 6.70. The molecule has 22 heavy (non-hydrogen) atoms. The van der Waals surface area contributed by atoms with E-state index in [1.54, 1.807) is 0 Å². The van der Waals surface area contributed by atoms with Crippen molar-refractivity contribution in [2.45, 2.75) is 20.4 Å². The molecule has 0 saturated carbocycles. The van der Waals surface area contributed by atoms with Gasteiger partial charge in [-0.15, -0.1) is 12.4 Å². The Balaban J connectivity index is 0.00000242. The first-order valence-electron chi connectivity index (χ1n) is 7.40. The van der Waals surface area contributed by atoms with Gasteiger partial charge < -0.3 is 15.5 Å². The quantitative estimate of drug-likeness (QED) is 0.916. The van der Waals surface area contributed by atoms with Crippen LogP contribution in [0.15, 0.2) is 24.3 Å². The van der Waals surface area contributed by atoms with Crippen molar-refractivity contribution in [1.29, 1.82) is 0 Å². The first-order chi connectivity index (χ1) is 10.0. The molecule has 0 aromatic heterocycles. The Morgan fingerprint density at radius 1 is 1.05 bits per heavy atom. The fraction of sp³-hybridized carbons (Fsp3) is 0.500. The zero-order chi connectivity index (χ0) is 15.4. The van der Waals surface area contributed by atoms with E-state index in [1.165, 1.54) is 0 Å². The van der Waals surface area contributed by atoms with Crippen LogP contribution >= 0.6 is 12.4 Å². The third-order valence-corrected chi connectivity index (χ3v) is 3.81. The second kappa shape index (κ2) is 8.15. The maximum Gasteiger partial charge on any atom is 0.253 e. The van der Waals surface area contributed by atoms with Crippen LogP contribution in [0.1, 0.15) is 29.8 Å². The summed E-state index contributed by atoms with van der Waals surface area (Å²) in [6.07, 6.45) is 0. The number of halogens is 1. The van der Waals surface area contributed by atoms with Gasteiger partial charge in [0, 0.05) is 44.2 Å². The van der Waals surface area contributed by atoms with E-state index in [0.717, 1.165) is 5.56 Å². The molecule has 0 spiro atoms. The summed E-state index contributed by atoms with van der Waals surface area (Å²) in [5, 5.41) is 0. The molecular weight excluding hydrogens is 302 g/mol. The SMILES string of the molecule is CC(C)C(=O)N1CCN(C(=O)c2ccc(CN)cc2)CC1.Cl. The summed E-state index contributed by atoms with van der Waals surface area (Å²) in [7, 11) is 0. The Morgan fingerprint density at radius 2 is 1.55 bits per heavy atom. The average molecular weight is 326 g/mol. The number of piperazine rings is 1. The van der Waals surface area contributed by atoms with E-state index in [2.05, 4.69) is 0 Å². The number of hydrogen-bond acceptors (Lipinski definition) is 3. The van der Waals surface area contributed by atoms with Crippen molar-refractivity contribution < 1.29 is 9.59 Å². The number of carbonyl (C=O) groups excluding carboxylic acids is 2. The van der Waals surface area contributed by atoms with Gasteiger partial charge in [-0.25, -0.2) is 0 Å². The lowest BCUT2D eigenvalue weighted by Crippen LogP contribution is -2.51. The number of carbonyl (C=O) groups is 2. The number of amides is 2. The van der Waals surface area contributed by atoms with Crippen molar-refractivity contribution in [3.05, 3.63) is 35.4 Å².